The van der Waals surface area contributed by atoms with Gasteiger partial charge in [0.1, 0.15) is 17.9 Å². The van der Waals surface area contributed by atoms with Crippen molar-refractivity contribution in [2.75, 3.05) is 5.88 Å². The average Bonchev–Trinajstić information content (AvgIpc) is 2.48. The highest BCUT2D eigenvalue weighted by molar-refractivity contribution is 6.17. The van der Waals surface area contributed by atoms with Gasteiger partial charge in [-0.2, -0.15) is 5.10 Å². The molecule has 0 unspecified atom stereocenters. The number of halogens is 1. The highest BCUT2D eigenvalue weighted by atomic mass is 35.5. The zero-order chi connectivity index (χ0) is 9.68. The van der Waals surface area contributed by atoms with Gasteiger partial charge in [-0.1, -0.05) is 0 Å². The molecular weight excluding hydrogens is 190 g/mol. The number of Topliss-reactive ketones (excluding diaryl/α,β-unsaturated/α-hetero) is 1. The second-order valence-corrected chi connectivity index (χ2v) is 3.19. The molecule has 0 aliphatic heterocycles. The normalized spacial score (nSPS) is 10.3. The van der Waals surface area contributed by atoms with E-state index in [9.17, 15) is 4.79 Å². The minimum absolute atomic E-state index is 0.164. The van der Waals surface area contributed by atoms with E-state index in [1.807, 2.05) is 0 Å². The fourth-order valence-electron chi connectivity index (χ4n) is 1.01. The largest absolute Gasteiger partial charge is 0.299 e. The molecule has 0 radical (unpaired) electrons. The molecule has 0 atom stereocenters. The molecule has 0 saturated heterocycles. The van der Waals surface area contributed by atoms with Gasteiger partial charge in [-0.15, -0.1) is 11.6 Å². The van der Waals surface area contributed by atoms with E-state index in [1.165, 1.54) is 6.33 Å². The number of carbonyl (C=O) groups is 1. The van der Waals surface area contributed by atoms with Crippen molar-refractivity contribution in [2.24, 2.45) is 7.05 Å². The van der Waals surface area contributed by atoms with Gasteiger partial charge in [0.05, 0.1) is 6.42 Å². The first-order chi connectivity index (χ1) is 6.24. The second kappa shape index (κ2) is 4.97. The van der Waals surface area contributed by atoms with Gasteiger partial charge in [0, 0.05) is 19.3 Å². The molecule has 0 bridgehead atoms. The third-order valence-corrected chi connectivity index (χ3v) is 2.02. The summed E-state index contributed by atoms with van der Waals surface area (Å²) >= 11 is 5.47. The molecule has 1 aromatic rings. The van der Waals surface area contributed by atoms with Gasteiger partial charge in [-0.3, -0.25) is 9.48 Å². The first kappa shape index (κ1) is 10.2. The molecule has 4 nitrogen and oxygen atoms in total. The van der Waals surface area contributed by atoms with E-state index in [4.69, 9.17) is 11.6 Å². The molecule has 72 valence electrons. The summed E-state index contributed by atoms with van der Waals surface area (Å²) in [4.78, 5) is 15.2. The summed E-state index contributed by atoms with van der Waals surface area (Å²) in [5, 5.41) is 3.88. The maximum Gasteiger partial charge on any atom is 0.140 e. The van der Waals surface area contributed by atoms with Crippen LogP contribution in [0.5, 0.6) is 0 Å². The number of hydrogen-bond acceptors (Lipinski definition) is 3. The SMILES string of the molecule is Cn1ncnc1CC(=O)CCCCl. The van der Waals surface area contributed by atoms with Crippen LogP contribution in [0.1, 0.15) is 18.7 Å². The van der Waals surface area contributed by atoms with Gasteiger partial charge >= 0.3 is 0 Å². The number of nitrogens with zero attached hydrogens (tertiary/aromatic N) is 3. The van der Waals surface area contributed by atoms with E-state index in [-0.39, 0.29) is 5.78 Å². The van der Waals surface area contributed by atoms with Gasteiger partial charge < -0.3 is 0 Å². The molecule has 1 rings (SSSR count). The molecule has 13 heavy (non-hydrogen) atoms. The van der Waals surface area contributed by atoms with Gasteiger partial charge in [0.25, 0.3) is 0 Å². The number of rotatable bonds is 5. The smallest absolute Gasteiger partial charge is 0.140 e. The van der Waals surface area contributed by atoms with E-state index < -0.39 is 0 Å². The molecule has 0 spiro atoms. The zero-order valence-corrected chi connectivity index (χ0v) is 8.29. The zero-order valence-electron chi connectivity index (χ0n) is 7.53. The summed E-state index contributed by atoms with van der Waals surface area (Å²) < 4.78 is 1.61. The Balaban J connectivity index is 2.41. The minimum atomic E-state index is 0.164. The number of hydrogen-bond donors (Lipinski definition) is 0. The molecular formula is C8H12ClN3O. The molecule has 1 heterocycles. The van der Waals surface area contributed by atoms with Crippen LogP contribution in [0.25, 0.3) is 0 Å². The lowest BCUT2D eigenvalue weighted by molar-refractivity contribution is -0.118. The van der Waals surface area contributed by atoms with Crippen LogP contribution in [0.15, 0.2) is 6.33 Å². The molecule has 0 aliphatic carbocycles. The van der Waals surface area contributed by atoms with Crippen molar-refractivity contribution in [3.8, 4) is 0 Å². The standard InChI is InChI=1S/C8H12ClN3O/c1-12-8(10-6-11-12)5-7(13)3-2-4-9/h6H,2-5H2,1H3. The summed E-state index contributed by atoms with van der Waals surface area (Å²) in [5.74, 6) is 1.40. The molecule has 0 aliphatic rings. The number of alkyl halides is 1. The monoisotopic (exact) mass is 201 g/mol. The Hall–Kier alpha value is -0.900. The Morgan fingerprint density at radius 3 is 3.00 bits per heavy atom. The minimum Gasteiger partial charge on any atom is -0.299 e. The lowest BCUT2D eigenvalue weighted by atomic mass is 10.2. The van der Waals surface area contributed by atoms with Crippen LogP contribution in [0.4, 0.5) is 0 Å². The van der Waals surface area contributed by atoms with Gasteiger partial charge in [0.15, 0.2) is 0 Å². The van der Waals surface area contributed by atoms with E-state index >= 15 is 0 Å². The summed E-state index contributed by atoms with van der Waals surface area (Å²) in [6.07, 6.45) is 3.06. The molecule has 1 aromatic heterocycles. The van der Waals surface area contributed by atoms with Crippen LogP contribution in [-0.4, -0.2) is 26.4 Å². The molecule has 0 aromatic carbocycles. The van der Waals surface area contributed by atoms with Gasteiger partial charge in [0.2, 0.25) is 0 Å². The Kier molecular flexibility index (Phi) is 3.89. The third kappa shape index (κ3) is 3.14. The maximum atomic E-state index is 11.3. The Morgan fingerprint density at radius 1 is 1.69 bits per heavy atom. The quantitative estimate of drug-likeness (QED) is 0.667. The van der Waals surface area contributed by atoms with Crippen molar-refractivity contribution >= 4 is 17.4 Å². The number of carbonyl (C=O) groups excluding carboxylic acids is 1. The van der Waals surface area contributed by atoms with Crippen molar-refractivity contribution in [3.05, 3.63) is 12.2 Å². The van der Waals surface area contributed by atoms with Crippen LogP contribution in [0.3, 0.4) is 0 Å². The predicted octanol–water partition coefficient (Wildman–Crippen LogP) is 0.946. The lowest BCUT2D eigenvalue weighted by Crippen LogP contribution is -2.08. The van der Waals surface area contributed by atoms with Gasteiger partial charge in [-0.25, -0.2) is 4.98 Å². The predicted molar refractivity (Wildman–Crippen MR) is 49.7 cm³/mol. The van der Waals surface area contributed by atoms with E-state index in [0.717, 1.165) is 6.42 Å². The summed E-state index contributed by atoms with van der Waals surface area (Å²) in [7, 11) is 1.77. The highest BCUT2D eigenvalue weighted by Crippen LogP contribution is 1.99. The van der Waals surface area contributed by atoms with Crippen LogP contribution in [0, 0.1) is 0 Å². The van der Waals surface area contributed by atoms with Crippen LogP contribution >= 0.6 is 11.6 Å². The highest BCUT2D eigenvalue weighted by Gasteiger charge is 2.07. The van der Waals surface area contributed by atoms with Gasteiger partial charge in [-0.05, 0) is 6.42 Å². The fourth-order valence-corrected chi connectivity index (χ4v) is 1.14. The Morgan fingerprint density at radius 2 is 2.46 bits per heavy atom. The first-order valence-corrected chi connectivity index (χ1v) is 4.68. The van der Waals surface area contributed by atoms with E-state index in [0.29, 0.717) is 24.5 Å². The van der Waals surface area contributed by atoms with Crippen molar-refractivity contribution < 1.29 is 4.79 Å². The van der Waals surface area contributed by atoms with E-state index in [1.54, 1.807) is 11.7 Å². The van der Waals surface area contributed by atoms with Crippen LogP contribution in [-0.2, 0) is 18.3 Å². The Labute approximate surface area is 81.9 Å². The molecule has 0 amide bonds. The van der Waals surface area contributed by atoms with Crippen molar-refractivity contribution in [2.45, 2.75) is 19.3 Å². The third-order valence-electron chi connectivity index (χ3n) is 1.75. The Bertz CT molecular complexity index is 285. The van der Waals surface area contributed by atoms with Crippen molar-refractivity contribution in [1.29, 1.82) is 0 Å². The lowest BCUT2D eigenvalue weighted by Gasteiger charge is -1.98. The first-order valence-electron chi connectivity index (χ1n) is 4.14. The second-order valence-electron chi connectivity index (χ2n) is 2.81. The summed E-state index contributed by atoms with van der Waals surface area (Å²) in [6, 6.07) is 0. The topological polar surface area (TPSA) is 47.8 Å². The summed E-state index contributed by atoms with van der Waals surface area (Å²) in [6.45, 7) is 0. The maximum absolute atomic E-state index is 11.3. The fraction of sp³-hybridized carbons (Fsp3) is 0.625. The van der Waals surface area contributed by atoms with Crippen LogP contribution < -0.4 is 0 Å². The van der Waals surface area contributed by atoms with Crippen LogP contribution in [0.2, 0.25) is 0 Å². The number of aryl methyl sites for hydroxylation is 1. The molecule has 0 N–H and O–H groups in total. The summed E-state index contributed by atoms with van der Waals surface area (Å²) in [5.41, 5.74) is 0. The molecule has 5 heteroatoms. The van der Waals surface area contributed by atoms with Crippen molar-refractivity contribution in [3.63, 3.8) is 0 Å². The average molecular weight is 202 g/mol. The molecule has 0 fully saturated rings. The van der Waals surface area contributed by atoms with Crippen molar-refractivity contribution in [1.82, 2.24) is 14.8 Å². The number of aromatic nitrogens is 3. The molecule has 0 saturated carbocycles. The number of ketones is 1. The van der Waals surface area contributed by atoms with E-state index in [2.05, 4.69) is 10.1 Å².